The Balaban J connectivity index is 2.81. The van der Waals surface area contributed by atoms with Crippen molar-refractivity contribution in [3.63, 3.8) is 0 Å². The van der Waals surface area contributed by atoms with E-state index in [4.69, 9.17) is 4.74 Å². The number of hydrogen-bond acceptors (Lipinski definition) is 2. The summed E-state index contributed by atoms with van der Waals surface area (Å²) in [5.74, 6) is 0.934. The zero-order valence-corrected chi connectivity index (χ0v) is 9.52. The zero-order chi connectivity index (χ0) is 9.68. The third kappa shape index (κ3) is 3.01. The van der Waals surface area contributed by atoms with E-state index >= 15 is 0 Å². The van der Waals surface area contributed by atoms with Gasteiger partial charge in [-0.2, -0.15) is 0 Å². The molecule has 0 aromatic heterocycles. The van der Waals surface area contributed by atoms with Crippen molar-refractivity contribution in [1.29, 1.82) is 0 Å². The highest BCUT2D eigenvalue weighted by atomic mass is 79.9. The standard InChI is InChI=1S/C10H14BrNO/c1-3-12-7-8-6-9(11)4-5-10(8)13-2/h4-6,12H,3,7H2,1-2H3. The van der Waals surface area contributed by atoms with Gasteiger partial charge in [-0.1, -0.05) is 22.9 Å². The van der Waals surface area contributed by atoms with Crippen molar-refractivity contribution in [3.05, 3.63) is 28.2 Å². The summed E-state index contributed by atoms with van der Waals surface area (Å²) in [6, 6.07) is 6.02. The average Bonchev–Trinajstić information content (AvgIpc) is 2.15. The molecule has 1 N–H and O–H groups in total. The Morgan fingerprint density at radius 2 is 2.23 bits per heavy atom. The quantitative estimate of drug-likeness (QED) is 0.878. The van der Waals surface area contributed by atoms with Crippen molar-refractivity contribution in [2.75, 3.05) is 13.7 Å². The molecule has 0 atom stereocenters. The van der Waals surface area contributed by atoms with Crippen LogP contribution in [0.2, 0.25) is 0 Å². The second-order valence-electron chi connectivity index (χ2n) is 2.74. The zero-order valence-electron chi connectivity index (χ0n) is 7.93. The van der Waals surface area contributed by atoms with Gasteiger partial charge < -0.3 is 10.1 Å². The van der Waals surface area contributed by atoms with Gasteiger partial charge in [-0.25, -0.2) is 0 Å². The number of benzene rings is 1. The highest BCUT2D eigenvalue weighted by Crippen LogP contribution is 2.22. The number of hydrogen-bond donors (Lipinski definition) is 1. The third-order valence-corrected chi connectivity index (χ3v) is 2.30. The van der Waals surface area contributed by atoms with Crippen molar-refractivity contribution in [1.82, 2.24) is 5.32 Å². The van der Waals surface area contributed by atoms with Crippen LogP contribution in [0.1, 0.15) is 12.5 Å². The maximum Gasteiger partial charge on any atom is 0.123 e. The summed E-state index contributed by atoms with van der Waals surface area (Å²) >= 11 is 3.43. The maximum absolute atomic E-state index is 5.24. The summed E-state index contributed by atoms with van der Waals surface area (Å²) in [7, 11) is 1.69. The summed E-state index contributed by atoms with van der Waals surface area (Å²) in [6.45, 7) is 3.90. The molecule has 0 aliphatic heterocycles. The molecule has 0 spiro atoms. The Morgan fingerprint density at radius 1 is 1.46 bits per heavy atom. The number of methoxy groups -OCH3 is 1. The summed E-state index contributed by atoms with van der Waals surface area (Å²) in [4.78, 5) is 0. The highest BCUT2D eigenvalue weighted by molar-refractivity contribution is 9.10. The first-order valence-electron chi connectivity index (χ1n) is 4.31. The minimum atomic E-state index is 0.846. The lowest BCUT2D eigenvalue weighted by atomic mass is 10.2. The van der Waals surface area contributed by atoms with Gasteiger partial charge in [0.25, 0.3) is 0 Å². The van der Waals surface area contributed by atoms with E-state index in [1.807, 2.05) is 12.1 Å². The van der Waals surface area contributed by atoms with Crippen LogP contribution in [-0.2, 0) is 6.54 Å². The van der Waals surface area contributed by atoms with Crippen molar-refractivity contribution in [2.45, 2.75) is 13.5 Å². The number of nitrogens with one attached hydrogen (secondary N) is 1. The van der Waals surface area contributed by atoms with Gasteiger partial charge in [0, 0.05) is 16.6 Å². The lowest BCUT2D eigenvalue weighted by Gasteiger charge is -2.08. The molecule has 2 nitrogen and oxygen atoms in total. The van der Waals surface area contributed by atoms with Gasteiger partial charge in [0.15, 0.2) is 0 Å². The van der Waals surface area contributed by atoms with E-state index < -0.39 is 0 Å². The van der Waals surface area contributed by atoms with Crippen LogP contribution < -0.4 is 10.1 Å². The molecule has 0 amide bonds. The molecule has 0 saturated heterocycles. The lowest BCUT2D eigenvalue weighted by Crippen LogP contribution is -2.12. The van der Waals surface area contributed by atoms with Gasteiger partial charge in [0.05, 0.1) is 7.11 Å². The van der Waals surface area contributed by atoms with Gasteiger partial charge >= 0.3 is 0 Å². The monoisotopic (exact) mass is 243 g/mol. The fraction of sp³-hybridized carbons (Fsp3) is 0.400. The molecular formula is C10H14BrNO. The Bertz CT molecular complexity index is 276. The SMILES string of the molecule is CCNCc1cc(Br)ccc1OC. The largest absolute Gasteiger partial charge is 0.496 e. The van der Waals surface area contributed by atoms with E-state index in [0.717, 1.165) is 23.3 Å². The predicted octanol–water partition coefficient (Wildman–Crippen LogP) is 2.57. The summed E-state index contributed by atoms with van der Waals surface area (Å²) in [5, 5.41) is 3.27. The molecule has 1 aromatic carbocycles. The van der Waals surface area contributed by atoms with E-state index in [1.165, 1.54) is 5.56 Å². The van der Waals surface area contributed by atoms with E-state index in [2.05, 4.69) is 34.2 Å². The molecule has 0 aliphatic carbocycles. The molecule has 0 radical (unpaired) electrons. The Hall–Kier alpha value is -0.540. The fourth-order valence-electron chi connectivity index (χ4n) is 1.14. The third-order valence-electron chi connectivity index (χ3n) is 1.81. The van der Waals surface area contributed by atoms with Crippen LogP contribution >= 0.6 is 15.9 Å². The molecule has 0 aliphatic rings. The maximum atomic E-state index is 5.24. The molecule has 1 rings (SSSR count). The van der Waals surface area contributed by atoms with Crippen LogP contribution in [0.5, 0.6) is 5.75 Å². The summed E-state index contributed by atoms with van der Waals surface area (Å²) in [6.07, 6.45) is 0. The van der Waals surface area contributed by atoms with Gasteiger partial charge in [-0.15, -0.1) is 0 Å². The number of halogens is 1. The van der Waals surface area contributed by atoms with Gasteiger partial charge in [-0.3, -0.25) is 0 Å². The van der Waals surface area contributed by atoms with Crippen LogP contribution in [0.15, 0.2) is 22.7 Å². The molecule has 0 heterocycles. The minimum Gasteiger partial charge on any atom is -0.496 e. The van der Waals surface area contributed by atoms with Crippen LogP contribution in [-0.4, -0.2) is 13.7 Å². The van der Waals surface area contributed by atoms with Gasteiger partial charge in [-0.05, 0) is 24.7 Å². The van der Waals surface area contributed by atoms with Crippen molar-refractivity contribution >= 4 is 15.9 Å². The van der Waals surface area contributed by atoms with Crippen molar-refractivity contribution in [2.24, 2.45) is 0 Å². The first-order valence-corrected chi connectivity index (χ1v) is 5.10. The minimum absolute atomic E-state index is 0.846. The Labute approximate surface area is 87.4 Å². The van der Waals surface area contributed by atoms with Crippen molar-refractivity contribution < 1.29 is 4.74 Å². The molecular weight excluding hydrogens is 230 g/mol. The van der Waals surface area contributed by atoms with Crippen LogP contribution in [0.4, 0.5) is 0 Å². The van der Waals surface area contributed by atoms with Crippen LogP contribution in [0, 0.1) is 0 Å². The van der Waals surface area contributed by atoms with E-state index in [9.17, 15) is 0 Å². The Morgan fingerprint density at radius 3 is 2.85 bits per heavy atom. The molecule has 0 fully saturated rings. The van der Waals surface area contributed by atoms with Crippen molar-refractivity contribution in [3.8, 4) is 5.75 Å². The fourth-order valence-corrected chi connectivity index (χ4v) is 1.55. The molecule has 72 valence electrons. The predicted molar refractivity (Wildman–Crippen MR) is 58.1 cm³/mol. The topological polar surface area (TPSA) is 21.3 Å². The average molecular weight is 244 g/mol. The van der Waals surface area contributed by atoms with E-state index in [1.54, 1.807) is 7.11 Å². The van der Waals surface area contributed by atoms with E-state index in [0.29, 0.717) is 0 Å². The second kappa shape index (κ2) is 5.25. The second-order valence-corrected chi connectivity index (χ2v) is 3.65. The lowest BCUT2D eigenvalue weighted by molar-refractivity contribution is 0.408. The Kier molecular flexibility index (Phi) is 4.25. The molecule has 0 unspecified atom stereocenters. The first-order chi connectivity index (χ1) is 6.27. The molecule has 3 heteroatoms. The molecule has 0 bridgehead atoms. The van der Waals surface area contributed by atoms with Crippen LogP contribution in [0.25, 0.3) is 0 Å². The smallest absolute Gasteiger partial charge is 0.123 e. The van der Waals surface area contributed by atoms with Crippen LogP contribution in [0.3, 0.4) is 0 Å². The van der Waals surface area contributed by atoms with E-state index in [-0.39, 0.29) is 0 Å². The molecule has 1 aromatic rings. The summed E-state index contributed by atoms with van der Waals surface area (Å²) < 4.78 is 6.32. The first kappa shape index (κ1) is 10.5. The number of ether oxygens (including phenoxy) is 1. The molecule has 13 heavy (non-hydrogen) atoms. The number of rotatable bonds is 4. The highest BCUT2D eigenvalue weighted by Gasteiger charge is 2.01. The van der Waals surface area contributed by atoms with Gasteiger partial charge in [0.2, 0.25) is 0 Å². The van der Waals surface area contributed by atoms with Gasteiger partial charge in [0.1, 0.15) is 5.75 Å². The molecule has 0 saturated carbocycles. The normalized spacial score (nSPS) is 10.1. The summed E-state index contributed by atoms with van der Waals surface area (Å²) in [5.41, 5.74) is 1.18.